The van der Waals surface area contributed by atoms with Gasteiger partial charge in [-0.2, -0.15) is 0 Å². The summed E-state index contributed by atoms with van der Waals surface area (Å²) in [5.74, 6) is -0.629. The zero-order chi connectivity index (χ0) is 18.5. The number of hydrogen-bond acceptors (Lipinski definition) is 0. The van der Waals surface area contributed by atoms with Crippen molar-refractivity contribution < 1.29 is 16.0 Å². The molecule has 0 aliphatic heterocycles. The number of unbranched alkanes of at least 4 members (excludes halogenated alkanes) is 1. The summed E-state index contributed by atoms with van der Waals surface area (Å²) in [6.07, 6.45) is 15.3. The van der Waals surface area contributed by atoms with Gasteiger partial charge in [0.15, 0.2) is 17.5 Å². The van der Waals surface area contributed by atoms with Gasteiger partial charge in [-0.3, -0.25) is 0 Å². The smallest absolute Gasteiger partial charge is 0.194 e. The molecule has 1 aromatic carbocycles. The zero-order valence-electron chi connectivity index (χ0n) is 16.1. The van der Waals surface area contributed by atoms with Crippen LogP contribution in [0, 0.1) is 35.2 Å². The highest BCUT2D eigenvalue weighted by atomic mass is 19.2. The molecule has 0 heterocycles. The summed E-state index contributed by atoms with van der Waals surface area (Å²) < 4.78 is 40.0. The minimum Gasteiger partial charge on any atom is -0.204 e. The first kappa shape index (κ1) is 25.0. The van der Waals surface area contributed by atoms with Crippen LogP contribution in [0.4, 0.5) is 13.2 Å². The highest BCUT2D eigenvalue weighted by Crippen LogP contribution is 2.39. The van der Waals surface area contributed by atoms with Gasteiger partial charge in [-0.1, -0.05) is 73.1 Å². The third kappa shape index (κ3) is 6.81. The Morgan fingerprint density at radius 3 is 1.64 bits per heavy atom. The van der Waals surface area contributed by atoms with E-state index in [-0.39, 0.29) is 23.6 Å². The lowest BCUT2D eigenvalue weighted by atomic mass is 9.76. The van der Waals surface area contributed by atoms with Gasteiger partial charge in [0.05, 0.1) is 0 Å². The standard InChI is InChI=1S/C23H33F3.2CH4.2H2/c1-16-6-8-17(9-7-16)4-2-3-5-18-10-12-19(13-11-18)20-14-21(24)23(26)22(25)15-20;;;;/h14-19H,2-13H2,1H3;2*1H4;2*1H. The number of hydrogen-bond donors (Lipinski definition) is 0. The molecule has 3 rings (SSSR count). The van der Waals surface area contributed by atoms with E-state index in [4.69, 9.17) is 0 Å². The van der Waals surface area contributed by atoms with Crippen molar-refractivity contribution in [2.45, 2.75) is 105 Å². The summed E-state index contributed by atoms with van der Waals surface area (Å²) in [4.78, 5) is 0. The second-order valence-electron chi connectivity index (χ2n) is 8.93. The maximum absolute atomic E-state index is 13.4. The highest BCUT2D eigenvalue weighted by Gasteiger charge is 2.24. The normalized spacial score (nSPS) is 27.6. The molecule has 0 N–H and O–H groups in total. The van der Waals surface area contributed by atoms with E-state index >= 15 is 0 Å². The molecule has 1 aromatic rings. The molecule has 2 aliphatic rings. The summed E-state index contributed by atoms with van der Waals surface area (Å²) in [5.41, 5.74) is 0.631. The molecule has 166 valence electrons. The monoisotopic (exact) mass is 402 g/mol. The molecule has 0 radical (unpaired) electrons. The molecule has 2 saturated carbocycles. The van der Waals surface area contributed by atoms with Gasteiger partial charge >= 0.3 is 0 Å². The molecule has 0 amide bonds. The van der Waals surface area contributed by atoms with E-state index in [1.165, 1.54) is 63.5 Å². The molecule has 0 atom stereocenters. The Balaban J connectivity index is 0. The van der Waals surface area contributed by atoms with Gasteiger partial charge in [0.25, 0.3) is 0 Å². The first-order valence-corrected chi connectivity index (χ1v) is 10.7. The topological polar surface area (TPSA) is 0 Å². The lowest BCUT2D eigenvalue weighted by Crippen LogP contribution is -2.14. The minimum absolute atomic E-state index is 0. The Labute approximate surface area is 174 Å². The summed E-state index contributed by atoms with van der Waals surface area (Å²) in [5, 5.41) is 0. The molecule has 2 aliphatic carbocycles. The Morgan fingerprint density at radius 2 is 1.18 bits per heavy atom. The van der Waals surface area contributed by atoms with Gasteiger partial charge in [-0.05, 0) is 67.1 Å². The van der Waals surface area contributed by atoms with Crippen molar-refractivity contribution >= 4 is 0 Å². The maximum atomic E-state index is 13.4. The third-order valence-corrected chi connectivity index (χ3v) is 6.93. The summed E-state index contributed by atoms with van der Waals surface area (Å²) in [6.45, 7) is 2.38. The fourth-order valence-corrected chi connectivity index (χ4v) is 5.08. The Bertz CT molecular complexity index is 555. The van der Waals surface area contributed by atoms with Crippen LogP contribution in [-0.2, 0) is 0 Å². The molecule has 3 heteroatoms. The van der Waals surface area contributed by atoms with E-state index in [0.29, 0.717) is 5.56 Å². The fraction of sp³-hybridized carbons (Fsp3) is 0.760. The molecule has 0 unspecified atom stereocenters. The fourth-order valence-electron chi connectivity index (χ4n) is 5.08. The average molecular weight is 403 g/mol. The molecule has 0 spiro atoms. The van der Waals surface area contributed by atoms with E-state index < -0.39 is 17.5 Å². The number of benzene rings is 1. The molecule has 0 saturated heterocycles. The van der Waals surface area contributed by atoms with Crippen LogP contribution in [-0.4, -0.2) is 0 Å². The summed E-state index contributed by atoms with van der Waals surface area (Å²) >= 11 is 0. The van der Waals surface area contributed by atoms with Gasteiger partial charge in [-0.25, -0.2) is 13.2 Å². The van der Waals surface area contributed by atoms with E-state index in [1.54, 1.807) is 0 Å². The number of rotatable bonds is 6. The zero-order valence-corrected chi connectivity index (χ0v) is 16.1. The van der Waals surface area contributed by atoms with E-state index in [0.717, 1.165) is 43.4 Å². The molecule has 0 nitrogen and oxygen atoms in total. The lowest BCUT2D eigenvalue weighted by Gasteiger charge is -2.29. The molecular weight excluding hydrogens is 357 g/mol. The van der Waals surface area contributed by atoms with Crippen molar-refractivity contribution in [1.82, 2.24) is 0 Å². The minimum atomic E-state index is -1.35. The van der Waals surface area contributed by atoms with E-state index in [9.17, 15) is 13.2 Å². The van der Waals surface area contributed by atoms with Crippen LogP contribution in [0.2, 0.25) is 0 Å². The predicted molar refractivity (Wildman–Crippen MR) is 118 cm³/mol. The van der Waals surface area contributed by atoms with Gasteiger partial charge < -0.3 is 0 Å². The predicted octanol–water partition coefficient (Wildman–Crippen LogP) is 9.53. The molecule has 0 bridgehead atoms. The molecular formula is C25H45F3. The Morgan fingerprint density at radius 1 is 0.750 bits per heavy atom. The van der Waals surface area contributed by atoms with Crippen LogP contribution in [0.3, 0.4) is 0 Å². The average Bonchev–Trinajstić information content (AvgIpc) is 2.65. The first-order chi connectivity index (χ1) is 12.5. The Kier molecular flexibility index (Phi) is 10.6. The van der Waals surface area contributed by atoms with E-state index in [2.05, 4.69) is 6.92 Å². The molecule has 0 aromatic heterocycles. The Hall–Kier alpha value is -0.990. The highest BCUT2D eigenvalue weighted by molar-refractivity contribution is 5.23. The largest absolute Gasteiger partial charge is 0.204 e. The van der Waals surface area contributed by atoms with Gasteiger partial charge in [-0.15, -0.1) is 0 Å². The van der Waals surface area contributed by atoms with Crippen LogP contribution in [0.5, 0.6) is 0 Å². The van der Waals surface area contributed by atoms with Crippen LogP contribution < -0.4 is 0 Å². The number of halogens is 3. The second-order valence-corrected chi connectivity index (χ2v) is 8.93. The molecule has 2 fully saturated rings. The van der Waals surface area contributed by atoms with Gasteiger partial charge in [0.1, 0.15) is 0 Å². The first-order valence-electron chi connectivity index (χ1n) is 10.7. The van der Waals surface area contributed by atoms with Crippen molar-refractivity contribution in [2.75, 3.05) is 0 Å². The van der Waals surface area contributed by atoms with Crippen molar-refractivity contribution in [1.29, 1.82) is 0 Å². The van der Waals surface area contributed by atoms with Crippen molar-refractivity contribution in [3.8, 4) is 0 Å². The summed E-state index contributed by atoms with van der Waals surface area (Å²) in [7, 11) is 0. The molecule has 28 heavy (non-hydrogen) atoms. The maximum Gasteiger partial charge on any atom is 0.194 e. The van der Waals surface area contributed by atoms with E-state index in [1.807, 2.05) is 0 Å². The van der Waals surface area contributed by atoms with Crippen molar-refractivity contribution in [3.63, 3.8) is 0 Å². The quantitative estimate of drug-likeness (QED) is 0.328. The second kappa shape index (κ2) is 11.9. The van der Waals surface area contributed by atoms with Crippen LogP contribution in [0.1, 0.15) is 113 Å². The lowest BCUT2D eigenvalue weighted by molar-refractivity contribution is 0.262. The van der Waals surface area contributed by atoms with Crippen molar-refractivity contribution in [3.05, 3.63) is 35.1 Å². The van der Waals surface area contributed by atoms with Crippen molar-refractivity contribution in [2.24, 2.45) is 17.8 Å². The van der Waals surface area contributed by atoms with Gasteiger partial charge in [0.2, 0.25) is 0 Å². The summed E-state index contributed by atoms with van der Waals surface area (Å²) in [6, 6.07) is 2.38. The van der Waals surface area contributed by atoms with Crippen LogP contribution in [0.15, 0.2) is 12.1 Å². The third-order valence-electron chi connectivity index (χ3n) is 6.93. The van der Waals surface area contributed by atoms with Crippen LogP contribution in [0.25, 0.3) is 0 Å². The SMILES string of the molecule is C.C.CC1CCC(CCCCC2CCC(c3cc(F)c(F)c(F)c3)CC2)CC1.[HH].[HH]. The van der Waals surface area contributed by atoms with Crippen LogP contribution >= 0.6 is 0 Å². The van der Waals surface area contributed by atoms with Gasteiger partial charge in [0, 0.05) is 2.85 Å².